The largest absolute Gasteiger partial charge is 0.487 e. The smallest absolute Gasteiger partial charge is 0.284 e. The highest BCUT2D eigenvalue weighted by Crippen LogP contribution is 2.46. The number of guanidine groups is 1. The lowest BCUT2D eigenvalue weighted by molar-refractivity contribution is 0.0396. The minimum atomic E-state index is -0.578. The molecule has 1 spiro atoms. The number of furan rings is 1. The Morgan fingerprint density at radius 1 is 1.23 bits per heavy atom. The number of hydrogen-bond acceptors (Lipinski definition) is 4. The lowest BCUT2D eigenvalue weighted by Crippen LogP contribution is -2.46. The van der Waals surface area contributed by atoms with Gasteiger partial charge in [0.1, 0.15) is 23.7 Å². The van der Waals surface area contributed by atoms with Crippen LogP contribution in [0.15, 0.2) is 45.8 Å². The van der Waals surface area contributed by atoms with Crippen LogP contribution in [0.25, 0.3) is 0 Å². The summed E-state index contributed by atoms with van der Waals surface area (Å²) < 4.78 is 11.9. The van der Waals surface area contributed by atoms with Crippen molar-refractivity contribution in [2.75, 3.05) is 6.54 Å². The molecule has 1 unspecified atom stereocenters. The maximum absolute atomic E-state index is 11.2. The number of benzene rings is 1. The van der Waals surface area contributed by atoms with Gasteiger partial charge in [0.15, 0.2) is 11.7 Å². The number of carbonyl (C=O) groups excluding carboxylic acids is 1. The predicted octanol–water partition coefficient (Wildman–Crippen LogP) is 3.89. The molecule has 162 valence electrons. The molecular formula is C22H29IN4O3. The van der Waals surface area contributed by atoms with Crippen molar-refractivity contribution in [3.63, 3.8) is 0 Å². The second kappa shape index (κ2) is 9.72. The summed E-state index contributed by atoms with van der Waals surface area (Å²) >= 11 is 0. The average molecular weight is 524 g/mol. The number of nitrogens with two attached hydrogens (primary N) is 1. The summed E-state index contributed by atoms with van der Waals surface area (Å²) in [4.78, 5) is 15.9. The second-order valence-electron chi connectivity index (χ2n) is 7.76. The predicted molar refractivity (Wildman–Crippen MR) is 126 cm³/mol. The molecular weight excluding hydrogens is 495 g/mol. The Bertz CT molecular complexity index is 905. The maximum atomic E-state index is 11.2. The number of ether oxygens (including phenoxy) is 1. The molecule has 1 fully saturated rings. The molecule has 0 saturated heterocycles. The van der Waals surface area contributed by atoms with E-state index in [1.807, 2.05) is 19.1 Å². The van der Waals surface area contributed by atoms with E-state index >= 15 is 0 Å². The van der Waals surface area contributed by atoms with Crippen LogP contribution in [0.4, 0.5) is 0 Å². The molecule has 1 aliphatic carbocycles. The molecule has 2 aliphatic rings. The molecule has 1 aromatic carbocycles. The van der Waals surface area contributed by atoms with Crippen LogP contribution in [0.1, 0.15) is 66.9 Å². The third-order valence-electron chi connectivity index (χ3n) is 5.66. The van der Waals surface area contributed by atoms with E-state index in [0.717, 1.165) is 37.1 Å². The zero-order valence-corrected chi connectivity index (χ0v) is 19.5. The van der Waals surface area contributed by atoms with E-state index in [-0.39, 0.29) is 41.4 Å². The van der Waals surface area contributed by atoms with Gasteiger partial charge in [-0.2, -0.15) is 0 Å². The van der Waals surface area contributed by atoms with Crippen LogP contribution in [0, 0.1) is 0 Å². The number of rotatable bonds is 5. The first-order valence-corrected chi connectivity index (χ1v) is 10.3. The molecule has 0 bridgehead atoms. The molecule has 30 heavy (non-hydrogen) atoms. The van der Waals surface area contributed by atoms with Crippen LogP contribution in [0.2, 0.25) is 0 Å². The first-order chi connectivity index (χ1) is 14.1. The number of fused-ring (bicyclic) bond motifs is 1. The van der Waals surface area contributed by atoms with Gasteiger partial charge in [0, 0.05) is 18.5 Å². The monoisotopic (exact) mass is 524 g/mol. The van der Waals surface area contributed by atoms with Gasteiger partial charge in [-0.15, -0.1) is 24.0 Å². The first-order valence-electron chi connectivity index (χ1n) is 10.3. The number of carbonyl (C=O) groups is 1. The van der Waals surface area contributed by atoms with E-state index in [1.54, 1.807) is 12.1 Å². The summed E-state index contributed by atoms with van der Waals surface area (Å²) in [6.07, 6.45) is 5.53. The number of hydrogen-bond donors (Lipinski definition) is 3. The quantitative estimate of drug-likeness (QED) is 0.313. The van der Waals surface area contributed by atoms with Crippen LogP contribution >= 0.6 is 24.0 Å². The fourth-order valence-corrected chi connectivity index (χ4v) is 4.31. The fourth-order valence-electron chi connectivity index (χ4n) is 4.31. The minimum Gasteiger partial charge on any atom is -0.487 e. The van der Waals surface area contributed by atoms with Crippen LogP contribution in [-0.2, 0) is 6.54 Å². The van der Waals surface area contributed by atoms with Crippen molar-refractivity contribution in [3.05, 3.63) is 53.5 Å². The Balaban J connectivity index is 0.00000256. The fraction of sp³-hybridized carbons (Fsp3) is 0.455. The van der Waals surface area contributed by atoms with Crippen LogP contribution in [0.5, 0.6) is 5.75 Å². The van der Waals surface area contributed by atoms with Gasteiger partial charge in [-0.25, -0.2) is 4.99 Å². The molecule has 2 heterocycles. The molecule has 1 amide bonds. The van der Waals surface area contributed by atoms with E-state index in [1.165, 1.54) is 12.8 Å². The molecule has 0 radical (unpaired) electrons. The summed E-state index contributed by atoms with van der Waals surface area (Å²) in [5.74, 6) is 1.83. The van der Waals surface area contributed by atoms with Crippen molar-refractivity contribution >= 4 is 35.8 Å². The maximum Gasteiger partial charge on any atom is 0.284 e. The first kappa shape index (κ1) is 22.5. The van der Waals surface area contributed by atoms with Gasteiger partial charge in [0.05, 0.1) is 6.04 Å². The van der Waals surface area contributed by atoms with E-state index in [0.29, 0.717) is 18.3 Å². The van der Waals surface area contributed by atoms with E-state index in [9.17, 15) is 4.79 Å². The number of primary amides is 1. The van der Waals surface area contributed by atoms with Crippen molar-refractivity contribution in [1.29, 1.82) is 0 Å². The molecule has 4 N–H and O–H groups in total. The molecule has 2 aromatic rings. The number of halogens is 1. The van der Waals surface area contributed by atoms with Gasteiger partial charge in [0.2, 0.25) is 0 Å². The number of amides is 1. The SMILES string of the molecule is CCNC(=NCc1ccc(C(N)=O)o1)NC1CC2(CCCC2)Oc2ccccc21.I. The number of aliphatic imine (C=N–C) groups is 1. The normalized spacial score (nSPS) is 19.5. The van der Waals surface area contributed by atoms with Gasteiger partial charge >= 0.3 is 0 Å². The number of para-hydroxylation sites is 1. The molecule has 4 rings (SSSR count). The molecule has 8 heteroatoms. The number of nitrogens with zero attached hydrogens (tertiary/aromatic N) is 1. The summed E-state index contributed by atoms with van der Waals surface area (Å²) in [6, 6.07) is 11.7. The number of nitrogens with one attached hydrogen (secondary N) is 2. The average Bonchev–Trinajstić information content (AvgIpc) is 3.36. The van der Waals surface area contributed by atoms with Crippen molar-refractivity contribution in [3.8, 4) is 5.75 Å². The van der Waals surface area contributed by atoms with Gasteiger partial charge in [-0.05, 0) is 50.8 Å². The zero-order valence-electron chi connectivity index (χ0n) is 17.1. The highest BCUT2D eigenvalue weighted by Gasteiger charge is 2.43. The van der Waals surface area contributed by atoms with Gasteiger partial charge < -0.3 is 25.5 Å². The summed E-state index contributed by atoms with van der Waals surface area (Å²) in [5.41, 5.74) is 6.33. The van der Waals surface area contributed by atoms with E-state index in [4.69, 9.17) is 14.9 Å². The standard InChI is InChI=1S/C22H28N4O3.HI/c1-2-24-21(25-14-15-9-10-19(28-15)20(23)27)26-17-13-22(11-5-6-12-22)29-18-8-4-3-7-16(17)18;/h3-4,7-10,17H,2,5-6,11-14H2,1H3,(H2,23,27)(H2,24,25,26);1H. The van der Waals surface area contributed by atoms with E-state index < -0.39 is 5.91 Å². The van der Waals surface area contributed by atoms with E-state index in [2.05, 4.69) is 27.8 Å². The second-order valence-corrected chi connectivity index (χ2v) is 7.76. The Hall–Kier alpha value is -2.23. The highest BCUT2D eigenvalue weighted by molar-refractivity contribution is 14.0. The van der Waals surface area contributed by atoms with Crippen molar-refractivity contribution in [2.24, 2.45) is 10.7 Å². The molecule has 1 atom stereocenters. The lowest BCUT2D eigenvalue weighted by Gasteiger charge is -2.40. The Kier molecular flexibility index (Phi) is 7.27. The van der Waals surface area contributed by atoms with Crippen LogP contribution < -0.4 is 21.1 Å². The Labute approximate surface area is 193 Å². The summed E-state index contributed by atoms with van der Waals surface area (Å²) in [5, 5.41) is 6.89. The third kappa shape index (κ3) is 4.91. The van der Waals surface area contributed by atoms with Crippen LogP contribution in [0.3, 0.4) is 0 Å². The van der Waals surface area contributed by atoms with Crippen molar-refractivity contribution < 1.29 is 13.9 Å². The molecule has 7 nitrogen and oxygen atoms in total. The van der Waals surface area contributed by atoms with Gasteiger partial charge in [0.25, 0.3) is 5.91 Å². The zero-order chi connectivity index (χ0) is 20.3. The minimum absolute atomic E-state index is 0. The van der Waals surface area contributed by atoms with Crippen molar-refractivity contribution in [1.82, 2.24) is 10.6 Å². The highest BCUT2D eigenvalue weighted by atomic mass is 127. The lowest BCUT2D eigenvalue weighted by atomic mass is 9.86. The van der Waals surface area contributed by atoms with Crippen LogP contribution in [-0.4, -0.2) is 24.0 Å². The summed E-state index contributed by atoms with van der Waals surface area (Å²) in [7, 11) is 0. The molecule has 1 aliphatic heterocycles. The Morgan fingerprint density at radius 2 is 2.00 bits per heavy atom. The summed E-state index contributed by atoms with van der Waals surface area (Å²) in [6.45, 7) is 3.09. The van der Waals surface area contributed by atoms with Gasteiger partial charge in [-0.3, -0.25) is 4.79 Å². The van der Waals surface area contributed by atoms with Gasteiger partial charge in [-0.1, -0.05) is 18.2 Å². The third-order valence-corrected chi connectivity index (χ3v) is 5.66. The molecule has 1 saturated carbocycles. The van der Waals surface area contributed by atoms with Crippen molar-refractivity contribution in [2.45, 2.75) is 57.2 Å². The Morgan fingerprint density at radius 3 is 2.70 bits per heavy atom. The topological polar surface area (TPSA) is 102 Å². The molecule has 1 aromatic heterocycles.